The first-order valence-electron chi connectivity index (χ1n) is 11.2. The van der Waals surface area contributed by atoms with E-state index in [9.17, 15) is 14.4 Å². The van der Waals surface area contributed by atoms with Crippen LogP contribution in [0.2, 0.25) is 0 Å². The molecule has 3 aliphatic heterocycles. The van der Waals surface area contributed by atoms with E-state index in [2.05, 4.69) is 0 Å². The molecule has 3 heterocycles. The fourth-order valence-electron chi connectivity index (χ4n) is 4.67. The van der Waals surface area contributed by atoms with E-state index in [-0.39, 0.29) is 30.0 Å². The zero-order chi connectivity index (χ0) is 22.1. The molecular formula is C25H26N2O5. The summed E-state index contributed by atoms with van der Waals surface area (Å²) < 4.78 is 11.1. The Balaban J connectivity index is 1.26. The number of piperazine rings is 1. The Morgan fingerprint density at radius 3 is 2.41 bits per heavy atom. The van der Waals surface area contributed by atoms with Crippen LogP contribution in [0, 0.1) is 0 Å². The van der Waals surface area contributed by atoms with Gasteiger partial charge in [-0.15, -0.1) is 0 Å². The molecule has 166 valence electrons. The van der Waals surface area contributed by atoms with E-state index in [1.54, 1.807) is 21.9 Å². The fraction of sp³-hybridized carbons (Fsp3) is 0.400. The molecule has 3 aliphatic rings. The predicted molar refractivity (Wildman–Crippen MR) is 116 cm³/mol. The third-order valence-corrected chi connectivity index (χ3v) is 6.48. The van der Waals surface area contributed by atoms with Gasteiger partial charge < -0.3 is 19.3 Å². The van der Waals surface area contributed by atoms with Crippen LogP contribution in [-0.4, -0.2) is 66.5 Å². The molecule has 0 radical (unpaired) electrons. The van der Waals surface area contributed by atoms with Crippen LogP contribution < -0.4 is 0 Å². The molecule has 0 spiro atoms. The number of hydrogen-bond acceptors (Lipinski definition) is 5. The molecule has 2 aromatic carbocycles. The first kappa shape index (κ1) is 20.7. The topological polar surface area (TPSA) is 76.2 Å². The summed E-state index contributed by atoms with van der Waals surface area (Å²) in [5, 5.41) is 0. The summed E-state index contributed by atoms with van der Waals surface area (Å²) >= 11 is 0. The third kappa shape index (κ3) is 4.00. The lowest BCUT2D eigenvalue weighted by Gasteiger charge is -2.36. The summed E-state index contributed by atoms with van der Waals surface area (Å²) in [4.78, 5) is 41.7. The highest BCUT2D eigenvalue weighted by Crippen LogP contribution is 2.31. The van der Waals surface area contributed by atoms with Crippen molar-refractivity contribution in [1.29, 1.82) is 0 Å². The number of cyclic esters (lactones) is 1. The molecule has 2 atom stereocenters. The van der Waals surface area contributed by atoms with Crippen LogP contribution in [-0.2, 0) is 20.7 Å². The van der Waals surface area contributed by atoms with Crippen molar-refractivity contribution in [2.45, 2.75) is 31.5 Å². The van der Waals surface area contributed by atoms with Crippen LogP contribution >= 0.6 is 0 Å². The number of nitrogens with zero attached hydrogens (tertiary/aromatic N) is 2. The number of carbonyl (C=O) groups is 3. The van der Waals surface area contributed by atoms with Gasteiger partial charge in [-0.25, -0.2) is 4.79 Å². The molecule has 0 saturated carbocycles. The smallest absolute Gasteiger partial charge is 0.339 e. The number of hydrogen-bond donors (Lipinski definition) is 0. The van der Waals surface area contributed by atoms with Gasteiger partial charge >= 0.3 is 5.97 Å². The molecule has 0 N–H and O–H groups in total. The normalized spacial score (nSPS) is 22.9. The number of rotatable bonds is 3. The highest BCUT2D eigenvalue weighted by Gasteiger charge is 2.32. The molecule has 0 unspecified atom stereocenters. The van der Waals surface area contributed by atoms with Gasteiger partial charge in [0.15, 0.2) is 0 Å². The van der Waals surface area contributed by atoms with E-state index in [0.29, 0.717) is 50.3 Å². The van der Waals surface area contributed by atoms with E-state index in [0.717, 1.165) is 24.0 Å². The van der Waals surface area contributed by atoms with E-state index < -0.39 is 0 Å². The van der Waals surface area contributed by atoms with Gasteiger partial charge in [-0.1, -0.05) is 30.3 Å². The van der Waals surface area contributed by atoms with Crippen LogP contribution in [0.3, 0.4) is 0 Å². The summed E-state index contributed by atoms with van der Waals surface area (Å²) in [7, 11) is 0. The molecule has 5 rings (SSSR count). The predicted octanol–water partition coefficient (Wildman–Crippen LogP) is 2.60. The Kier molecular flexibility index (Phi) is 5.66. The molecule has 2 aromatic rings. The quantitative estimate of drug-likeness (QED) is 0.694. The molecule has 0 aliphatic carbocycles. The van der Waals surface area contributed by atoms with E-state index in [1.807, 2.05) is 36.4 Å². The molecule has 32 heavy (non-hydrogen) atoms. The standard InChI is InChI=1S/C25H26N2O5/c28-23(26-10-12-27(13-11-26)24(29)21-7-4-14-31-21)18-8-9-20-19(15-18)16-22(32-25(20)30)17-5-2-1-3-6-17/h1-3,5-6,8-9,15,21-22H,4,7,10-14,16H2/t21-,22+/m1/s1. The number of ether oxygens (including phenoxy) is 2. The molecule has 2 amide bonds. The van der Waals surface area contributed by atoms with Crippen LogP contribution in [0.1, 0.15) is 50.8 Å². The number of benzene rings is 2. The highest BCUT2D eigenvalue weighted by molar-refractivity contribution is 5.98. The van der Waals surface area contributed by atoms with Crippen LogP contribution in [0.4, 0.5) is 0 Å². The molecule has 7 heteroatoms. The van der Waals surface area contributed by atoms with E-state index in [1.165, 1.54) is 0 Å². The summed E-state index contributed by atoms with van der Waals surface area (Å²) in [5.41, 5.74) is 2.84. The third-order valence-electron chi connectivity index (χ3n) is 6.48. The number of amides is 2. The summed E-state index contributed by atoms with van der Waals surface area (Å²) in [6.45, 7) is 2.65. The first-order chi connectivity index (χ1) is 15.6. The van der Waals surface area contributed by atoms with E-state index >= 15 is 0 Å². The largest absolute Gasteiger partial charge is 0.454 e. The van der Waals surface area contributed by atoms with Gasteiger partial charge in [0.05, 0.1) is 5.56 Å². The van der Waals surface area contributed by atoms with Gasteiger partial charge in [0, 0.05) is 44.8 Å². The van der Waals surface area contributed by atoms with Crippen molar-refractivity contribution in [2.75, 3.05) is 32.8 Å². The van der Waals surface area contributed by atoms with E-state index in [4.69, 9.17) is 9.47 Å². The lowest BCUT2D eigenvalue weighted by Crippen LogP contribution is -2.52. The van der Waals surface area contributed by atoms with Crippen molar-refractivity contribution in [3.63, 3.8) is 0 Å². The maximum absolute atomic E-state index is 13.1. The van der Waals surface area contributed by atoms with Crippen molar-refractivity contribution >= 4 is 17.8 Å². The van der Waals surface area contributed by atoms with Crippen molar-refractivity contribution in [2.24, 2.45) is 0 Å². The average Bonchev–Trinajstić information content (AvgIpc) is 3.38. The maximum Gasteiger partial charge on any atom is 0.339 e. The Morgan fingerprint density at radius 1 is 0.938 bits per heavy atom. The zero-order valence-corrected chi connectivity index (χ0v) is 17.9. The maximum atomic E-state index is 13.1. The molecule has 2 fully saturated rings. The van der Waals surface area contributed by atoms with Crippen molar-refractivity contribution in [3.05, 3.63) is 70.8 Å². The van der Waals surface area contributed by atoms with Gasteiger partial charge in [-0.05, 0) is 42.2 Å². The second-order valence-electron chi connectivity index (χ2n) is 8.50. The molecule has 0 aromatic heterocycles. The van der Waals surface area contributed by atoms with Gasteiger partial charge in [-0.2, -0.15) is 0 Å². The fourth-order valence-corrected chi connectivity index (χ4v) is 4.67. The number of esters is 1. The lowest BCUT2D eigenvalue weighted by atomic mass is 9.93. The van der Waals surface area contributed by atoms with Crippen molar-refractivity contribution in [3.8, 4) is 0 Å². The zero-order valence-electron chi connectivity index (χ0n) is 17.9. The Labute approximate surface area is 186 Å². The SMILES string of the molecule is O=C1O[C@H](c2ccccc2)Cc2cc(C(=O)N3CCN(C(=O)[C@H]4CCCO4)CC3)ccc21. The summed E-state index contributed by atoms with van der Waals surface area (Å²) in [6, 6.07) is 14.8. The second kappa shape index (κ2) is 8.74. The Morgan fingerprint density at radius 2 is 1.69 bits per heavy atom. The van der Waals surface area contributed by atoms with Gasteiger partial charge in [-0.3, -0.25) is 9.59 Å². The highest BCUT2D eigenvalue weighted by atomic mass is 16.5. The molecular weight excluding hydrogens is 408 g/mol. The van der Waals surface area contributed by atoms with Crippen LogP contribution in [0.25, 0.3) is 0 Å². The minimum atomic E-state index is -0.361. The Hall–Kier alpha value is -3.19. The van der Waals surface area contributed by atoms with Crippen LogP contribution in [0.15, 0.2) is 48.5 Å². The number of fused-ring (bicyclic) bond motifs is 1. The molecule has 2 saturated heterocycles. The van der Waals surface area contributed by atoms with Crippen molar-refractivity contribution in [1.82, 2.24) is 9.80 Å². The summed E-state index contributed by atoms with van der Waals surface area (Å²) in [5.74, 6) is -0.401. The molecule has 7 nitrogen and oxygen atoms in total. The van der Waals surface area contributed by atoms with Gasteiger partial charge in [0.2, 0.25) is 0 Å². The first-order valence-corrected chi connectivity index (χ1v) is 11.2. The Bertz CT molecular complexity index is 1020. The van der Waals surface area contributed by atoms with Crippen LogP contribution in [0.5, 0.6) is 0 Å². The lowest BCUT2D eigenvalue weighted by molar-refractivity contribution is -0.142. The summed E-state index contributed by atoms with van der Waals surface area (Å²) in [6.07, 6.45) is 1.56. The van der Waals surface area contributed by atoms with Gasteiger partial charge in [0.25, 0.3) is 11.8 Å². The molecule has 0 bridgehead atoms. The minimum absolute atomic E-state index is 0.0360. The monoisotopic (exact) mass is 434 g/mol. The van der Waals surface area contributed by atoms with Crippen molar-refractivity contribution < 1.29 is 23.9 Å². The number of carbonyl (C=O) groups excluding carboxylic acids is 3. The van der Waals surface area contributed by atoms with Gasteiger partial charge in [0.1, 0.15) is 12.2 Å². The second-order valence-corrected chi connectivity index (χ2v) is 8.50. The average molecular weight is 434 g/mol. The minimum Gasteiger partial charge on any atom is -0.454 e.